The van der Waals surface area contributed by atoms with E-state index < -0.39 is 0 Å². The van der Waals surface area contributed by atoms with Crippen molar-refractivity contribution in [2.24, 2.45) is 5.92 Å². The molecule has 0 radical (unpaired) electrons. The van der Waals surface area contributed by atoms with Gasteiger partial charge in [-0.3, -0.25) is 4.79 Å². The highest BCUT2D eigenvalue weighted by molar-refractivity contribution is 7.18. The molecule has 19 heavy (non-hydrogen) atoms. The second-order valence-electron chi connectivity index (χ2n) is 5.92. The maximum Gasteiger partial charge on any atom is 0.177 e. The number of carbonyl (C=O) groups excluding carboxylic acids is 1. The number of ketones is 1. The van der Waals surface area contributed by atoms with Gasteiger partial charge in [-0.25, -0.2) is 0 Å². The number of carbonyl (C=O) groups is 1. The van der Waals surface area contributed by atoms with Gasteiger partial charge in [-0.2, -0.15) is 0 Å². The average Bonchev–Trinajstić information content (AvgIpc) is 2.69. The molecule has 0 unspecified atom stereocenters. The first-order valence-corrected chi connectivity index (χ1v) is 7.44. The molecular weight excluding hydrogens is 260 g/mol. The zero-order valence-corrected chi connectivity index (χ0v) is 12.8. The van der Waals surface area contributed by atoms with E-state index in [-0.39, 0.29) is 17.3 Å². The molecule has 0 aliphatic carbocycles. The molecule has 1 aliphatic rings. The highest BCUT2D eigenvalue weighted by Gasteiger charge is 2.29. The summed E-state index contributed by atoms with van der Waals surface area (Å²) in [6.07, 6.45) is 0. The van der Waals surface area contributed by atoms with Gasteiger partial charge in [-0.15, -0.1) is 11.3 Å². The molecule has 0 spiro atoms. The second kappa shape index (κ2) is 5.13. The molecule has 2 rings (SSSR count). The van der Waals surface area contributed by atoms with E-state index in [1.807, 2.05) is 19.9 Å². The van der Waals surface area contributed by atoms with Crippen LogP contribution in [-0.4, -0.2) is 31.1 Å². The molecule has 5 heteroatoms. The SMILES string of the molecule is CC(C)C(=O)c1sc(N2CCOC(C)(C)C2)cc1N. The Morgan fingerprint density at radius 2 is 2.21 bits per heavy atom. The van der Waals surface area contributed by atoms with Crippen molar-refractivity contribution in [3.63, 3.8) is 0 Å². The quantitative estimate of drug-likeness (QED) is 0.866. The maximum atomic E-state index is 12.1. The maximum absolute atomic E-state index is 12.1. The molecular formula is C14H22N2O2S. The minimum atomic E-state index is -0.154. The van der Waals surface area contributed by atoms with Crippen LogP contribution in [0, 0.1) is 5.92 Å². The smallest absolute Gasteiger partial charge is 0.177 e. The van der Waals surface area contributed by atoms with Crippen molar-refractivity contribution >= 4 is 27.8 Å². The minimum absolute atomic E-state index is 0.0186. The third kappa shape index (κ3) is 3.09. The van der Waals surface area contributed by atoms with Crippen molar-refractivity contribution < 1.29 is 9.53 Å². The lowest BCUT2D eigenvalue weighted by atomic mass is 10.1. The third-order valence-corrected chi connectivity index (χ3v) is 4.46. The summed E-state index contributed by atoms with van der Waals surface area (Å²) in [5, 5.41) is 1.07. The number of hydrogen-bond donors (Lipinski definition) is 1. The van der Waals surface area contributed by atoms with Crippen molar-refractivity contribution in [1.29, 1.82) is 0 Å². The van der Waals surface area contributed by atoms with Crippen molar-refractivity contribution in [1.82, 2.24) is 0 Å². The fourth-order valence-electron chi connectivity index (χ4n) is 2.21. The predicted molar refractivity (Wildman–Crippen MR) is 80.1 cm³/mol. The van der Waals surface area contributed by atoms with Crippen LogP contribution < -0.4 is 10.6 Å². The van der Waals surface area contributed by atoms with E-state index in [1.165, 1.54) is 11.3 Å². The van der Waals surface area contributed by atoms with Crippen molar-refractivity contribution in [3.8, 4) is 0 Å². The molecule has 2 heterocycles. The lowest BCUT2D eigenvalue weighted by molar-refractivity contribution is -0.0275. The van der Waals surface area contributed by atoms with E-state index in [9.17, 15) is 4.79 Å². The number of anilines is 2. The van der Waals surface area contributed by atoms with Crippen LogP contribution in [-0.2, 0) is 4.74 Å². The van der Waals surface area contributed by atoms with E-state index >= 15 is 0 Å². The highest BCUT2D eigenvalue weighted by Crippen LogP contribution is 2.35. The van der Waals surface area contributed by atoms with E-state index in [0.29, 0.717) is 17.2 Å². The van der Waals surface area contributed by atoms with E-state index in [2.05, 4.69) is 18.7 Å². The second-order valence-corrected chi connectivity index (χ2v) is 6.95. The van der Waals surface area contributed by atoms with Gasteiger partial charge in [0.25, 0.3) is 0 Å². The van der Waals surface area contributed by atoms with Crippen LogP contribution in [0.15, 0.2) is 6.07 Å². The van der Waals surface area contributed by atoms with Gasteiger partial charge >= 0.3 is 0 Å². The number of nitrogen functional groups attached to an aromatic ring is 1. The number of hydrogen-bond acceptors (Lipinski definition) is 5. The Kier molecular flexibility index (Phi) is 3.87. The number of thiophene rings is 1. The van der Waals surface area contributed by atoms with Gasteiger partial charge in [0.1, 0.15) is 0 Å². The lowest BCUT2D eigenvalue weighted by Crippen LogP contribution is -2.48. The molecule has 4 nitrogen and oxygen atoms in total. The molecule has 1 saturated heterocycles. The molecule has 2 N–H and O–H groups in total. The summed E-state index contributed by atoms with van der Waals surface area (Å²) in [6, 6.07) is 1.92. The van der Waals surface area contributed by atoms with Crippen molar-refractivity contribution in [2.45, 2.75) is 33.3 Å². The molecule has 0 bridgehead atoms. The van der Waals surface area contributed by atoms with E-state index in [1.54, 1.807) is 0 Å². The normalized spacial score (nSPS) is 18.9. The molecule has 1 aromatic rings. The first-order chi connectivity index (χ1) is 8.80. The number of Topliss-reactive ketones (excluding diaryl/α,β-unsaturated/α-hetero) is 1. The first kappa shape index (κ1) is 14.3. The van der Waals surface area contributed by atoms with Gasteiger partial charge < -0.3 is 15.4 Å². The van der Waals surface area contributed by atoms with Gasteiger partial charge in [0.05, 0.1) is 27.8 Å². The van der Waals surface area contributed by atoms with Crippen LogP contribution in [0.4, 0.5) is 10.7 Å². The van der Waals surface area contributed by atoms with Crippen molar-refractivity contribution in [3.05, 3.63) is 10.9 Å². The average molecular weight is 282 g/mol. The molecule has 1 fully saturated rings. The summed E-state index contributed by atoms with van der Waals surface area (Å²) < 4.78 is 5.70. The van der Waals surface area contributed by atoms with Crippen LogP contribution in [0.25, 0.3) is 0 Å². The molecule has 106 valence electrons. The minimum Gasteiger partial charge on any atom is -0.397 e. The Balaban J connectivity index is 2.22. The van der Waals surface area contributed by atoms with Gasteiger partial charge in [0.15, 0.2) is 5.78 Å². The van der Waals surface area contributed by atoms with Crippen LogP contribution in [0.5, 0.6) is 0 Å². The Hall–Kier alpha value is -1.07. The molecule has 0 saturated carbocycles. The van der Waals surface area contributed by atoms with Gasteiger partial charge in [-0.1, -0.05) is 13.8 Å². The largest absolute Gasteiger partial charge is 0.397 e. The molecule has 0 atom stereocenters. The number of rotatable bonds is 3. The van der Waals surface area contributed by atoms with Crippen LogP contribution >= 0.6 is 11.3 Å². The summed E-state index contributed by atoms with van der Waals surface area (Å²) in [5.74, 6) is 0.108. The molecule has 1 aromatic heterocycles. The first-order valence-electron chi connectivity index (χ1n) is 6.62. The Morgan fingerprint density at radius 3 is 2.79 bits per heavy atom. The monoisotopic (exact) mass is 282 g/mol. The van der Waals surface area contributed by atoms with E-state index in [4.69, 9.17) is 10.5 Å². The third-order valence-electron chi connectivity index (χ3n) is 3.23. The summed E-state index contributed by atoms with van der Waals surface area (Å²) in [4.78, 5) is 15.0. The fraction of sp³-hybridized carbons (Fsp3) is 0.643. The summed E-state index contributed by atoms with van der Waals surface area (Å²) in [7, 11) is 0. The standard InChI is InChI=1S/C14H22N2O2S/c1-9(2)12(17)13-10(15)7-11(19-13)16-5-6-18-14(3,4)8-16/h7,9H,5-6,8,15H2,1-4H3. The Bertz CT molecular complexity index is 480. The summed E-state index contributed by atoms with van der Waals surface area (Å²) >= 11 is 1.50. The van der Waals surface area contributed by atoms with Gasteiger partial charge in [0.2, 0.25) is 0 Å². The predicted octanol–water partition coefficient (Wildman–Crippen LogP) is 2.78. The van der Waals surface area contributed by atoms with Crippen LogP contribution in [0.2, 0.25) is 0 Å². The zero-order chi connectivity index (χ0) is 14.2. The van der Waals surface area contributed by atoms with Crippen LogP contribution in [0.3, 0.4) is 0 Å². The molecule has 1 aliphatic heterocycles. The number of morpholine rings is 1. The highest BCUT2D eigenvalue weighted by atomic mass is 32.1. The van der Waals surface area contributed by atoms with Gasteiger partial charge in [0, 0.05) is 19.0 Å². The van der Waals surface area contributed by atoms with E-state index in [0.717, 1.165) is 18.1 Å². The zero-order valence-electron chi connectivity index (χ0n) is 12.0. The Labute approximate surface area is 118 Å². The molecule has 0 amide bonds. The number of nitrogens with two attached hydrogens (primary N) is 1. The Morgan fingerprint density at radius 1 is 1.53 bits per heavy atom. The summed E-state index contributed by atoms with van der Waals surface area (Å²) in [6.45, 7) is 10.3. The number of nitrogens with zero attached hydrogens (tertiary/aromatic N) is 1. The fourth-order valence-corrected chi connectivity index (χ4v) is 3.40. The lowest BCUT2D eigenvalue weighted by Gasteiger charge is -2.38. The molecule has 0 aromatic carbocycles. The van der Waals surface area contributed by atoms with Gasteiger partial charge in [-0.05, 0) is 19.9 Å². The van der Waals surface area contributed by atoms with Crippen molar-refractivity contribution in [2.75, 3.05) is 30.3 Å². The topological polar surface area (TPSA) is 55.6 Å². The number of ether oxygens (including phenoxy) is 1. The van der Waals surface area contributed by atoms with Crippen LogP contribution in [0.1, 0.15) is 37.4 Å². The summed E-state index contributed by atoms with van der Waals surface area (Å²) in [5.41, 5.74) is 6.43.